The molecule has 3 aliphatic carbocycles. The first-order valence-corrected chi connectivity index (χ1v) is 14.1. The van der Waals surface area contributed by atoms with Crippen LogP contribution in [0.4, 0.5) is 4.39 Å². The third-order valence-electron chi connectivity index (χ3n) is 8.81. The van der Waals surface area contributed by atoms with Gasteiger partial charge in [-0.05, 0) is 99.0 Å². The van der Waals surface area contributed by atoms with E-state index in [1.165, 1.54) is 12.1 Å². The number of rotatable bonds is 6. The number of halogens is 1. The molecular formula is C32H31FN6O2. The Morgan fingerprint density at radius 1 is 1.05 bits per heavy atom. The largest absolute Gasteiger partial charge is 0.333 e. The van der Waals surface area contributed by atoms with E-state index in [1.807, 2.05) is 41.9 Å². The number of amides is 1. The SMILES string of the molecule is Cc1ccnc(C(=O)[C@]23Cc4cnn(-c5ccc(F)cc5)c4C=C2CC[C@H](N(C(=O)c2cnn(C)c2)C2CC2)C3)c1. The smallest absolute Gasteiger partial charge is 0.257 e. The van der Waals surface area contributed by atoms with E-state index >= 15 is 0 Å². The van der Waals surface area contributed by atoms with Crippen molar-refractivity contribution in [2.45, 2.75) is 57.5 Å². The second-order valence-corrected chi connectivity index (χ2v) is 11.7. The number of carbonyl (C=O) groups excluding carboxylic acids is 2. The number of aromatic nitrogens is 5. The van der Waals surface area contributed by atoms with Gasteiger partial charge in [-0.2, -0.15) is 10.2 Å². The standard InChI is InChI=1S/C32H31FN6O2/c1-20-11-12-34-28(13-20)30(40)32-15-21-17-36-39(26-7-4-24(33)5-8-26)29(21)14-23(32)3-6-27(16-32)38(25-9-10-25)31(41)22-18-35-37(2)19-22/h4-5,7-8,11-14,17-19,25,27H,3,6,9-10,15-16H2,1-2H3/t27-,32-/m0/s1. The molecule has 3 aliphatic rings. The summed E-state index contributed by atoms with van der Waals surface area (Å²) in [7, 11) is 1.81. The maximum atomic E-state index is 14.5. The van der Waals surface area contributed by atoms with Crippen molar-refractivity contribution in [2.24, 2.45) is 12.5 Å². The van der Waals surface area contributed by atoms with Crippen LogP contribution >= 0.6 is 0 Å². The molecule has 3 aromatic heterocycles. The lowest BCUT2D eigenvalue weighted by Crippen LogP contribution is -2.51. The molecule has 0 radical (unpaired) electrons. The van der Waals surface area contributed by atoms with Gasteiger partial charge >= 0.3 is 0 Å². The van der Waals surface area contributed by atoms with Crippen LogP contribution in [0.15, 0.2) is 66.8 Å². The van der Waals surface area contributed by atoms with Gasteiger partial charge in [0.15, 0.2) is 5.78 Å². The molecule has 2 atom stereocenters. The number of Topliss-reactive ketones (excluding diaryl/α,β-unsaturated/α-hetero) is 1. The Kier molecular flexibility index (Phi) is 5.99. The van der Waals surface area contributed by atoms with Crippen molar-refractivity contribution in [1.82, 2.24) is 29.4 Å². The van der Waals surface area contributed by atoms with Crippen molar-refractivity contribution >= 4 is 17.8 Å². The molecule has 0 bridgehead atoms. The maximum Gasteiger partial charge on any atom is 0.257 e. The van der Waals surface area contributed by atoms with E-state index in [0.29, 0.717) is 30.5 Å². The minimum atomic E-state index is -0.838. The zero-order valence-electron chi connectivity index (χ0n) is 23.1. The molecule has 9 heteroatoms. The van der Waals surface area contributed by atoms with Crippen LogP contribution in [-0.2, 0) is 13.5 Å². The van der Waals surface area contributed by atoms with Crippen LogP contribution in [0.5, 0.6) is 0 Å². The summed E-state index contributed by atoms with van der Waals surface area (Å²) in [5, 5.41) is 8.87. The molecule has 0 saturated heterocycles. The normalized spacial score (nSPS) is 21.5. The molecule has 7 rings (SSSR count). The van der Waals surface area contributed by atoms with Crippen LogP contribution in [0.25, 0.3) is 11.8 Å². The van der Waals surface area contributed by atoms with Crippen molar-refractivity contribution in [3.63, 3.8) is 0 Å². The van der Waals surface area contributed by atoms with E-state index in [9.17, 15) is 14.0 Å². The Labute approximate surface area is 237 Å². The van der Waals surface area contributed by atoms with Crippen molar-refractivity contribution < 1.29 is 14.0 Å². The molecule has 208 valence electrons. The molecular weight excluding hydrogens is 519 g/mol. The molecule has 0 unspecified atom stereocenters. The second-order valence-electron chi connectivity index (χ2n) is 11.7. The minimum Gasteiger partial charge on any atom is -0.333 e. The Morgan fingerprint density at radius 3 is 2.56 bits per heavy atom. The van der Waals surface area contributed by atoms with E-state index in [-0.39, 0.29) is 29.6 Å². The lowest BCUT2D eigenvalue weighted by atomic mass is 9.60. The van der Waals surface area contributed by atoms with E-state index in [2.05, 4.69) is 21.3 Å². The molecule has 3 heterocycles. The van der Waals surface area contributed by atoms with E-state index in [4.69, 9.17) is 0 Å². The molecule has 0 spiro atoms. The number of hydrogen-bond acceptors (Lipinski definition) is 5. The van der Waals surface area contributed by atoms with Crippen LogP contribution in [0, 0.1) is 18.2 Å². The lowest BCUT2D eigenvalue weighted by Gasteiger charge is -2.47. The first-order valence-electron chi connectivity index (χ1n) is 14.1. The van der Waals surface area contributed by atoms with Gasteiger partial charge in [0.25, 0.3) is 5.91 Å². The van der Waals surface area contributed by atoms with Crippen LogP contribution in [0.3, 0.4) is 0 Å². The fourth-order valence-corrected chi connectivity index (χ4v) is 6.68. The predicted octanol–water partition coefficient (Wildman–Crippen LogP) is 5.11. The monoisotopic (exact) mass is 550 g/mol. The zero-order chi connectivity index (χ0) is 28.3. The van der Waals surface area contributed by atoms with Crippen molar-refractivity contribution in [3.05, 3.63) is 101 Å². The molecule has 1 aromatic carbocycles. The fourth-order valence-electron chi connectivity index (χ4n) is 6.68. The molecule has 2 saturated carbocycles. The van der Waals surface area contributed by atoms with Crippen LogP contribution in [-0.4, -0.2) is 53.2 Å². The molecule has 0 aliphatic heterocycles. The highest BCUT2D eigenvalue weighted by Crippen LogP contribution is 2.52. The Hall–Kier alpha value is -4.40. The number of nitrogens with zero attached hydrogens (tertiary/aromatic N) is 6. The van der Waals surface area contributed by atoms with Crippen LogP contribution in [0.1, 0.15) is 69.8 Å². The van der Waals surface area contributed by atoms with E-state index in [0.717, 1.165) is 47.3 Å². The average Bonchev–Trinajstić information content (AvgIpc) is 3.57. The summed E-state index contributed by atoms with van der Waals surface area (Å²) >= 11 is 0. The van der Waals surface area contributed by atoms with Gasteiger partial charge in [0.2, 0.25) is 0 Å². The highest BCUT2D eigenvalue weighted by atomic mass is 19.1. The van der Waals surface area contributed by atoms with Gasteiger partial charge in [-0.25, -0.2) is 9.07 Å². The number of ketones is 1. The summed E-state index contributed by atoms with van der Waals surface area (Å²) in [5.74, 6) is -0.334. The van der Waals surface area contributed by atoms with Gasteiger partial charge in [-0.1, -0.05) is 5.57 Å². The van der Waals surface area contributed by atoms with Gasteiger partial charge in [0.05, 0.1) is 34.8 Å². The molecule has 41 heavy (non-hydrogen) atoms. The van der Waals surface area contributed by atoms with Crippen molar-refractivity contribution in [1.29, 1.82) is 0 Å². The quantitative estimate of drug-likeness (QED) is 0.311. The first-order chi connectivity index (χ1) is 19.8. The first kappa shape index (κ1) is 25.6. The Morgan fingerprint density at radius 2 is 1.85 bits per heavy atom. The summed E-state index contributed by atoms with van der Waals surface area (Å²) in [6.07, 6.45) is 13.4. The second kappa shape index (κ2) is 9.61. The van der Waals surface area contributed by atoms with Crippen LogP contribution in [0.2, 0.25) is 0 Å². The molecule has 1 amide bonds. The highest BCUT2D eigenvalue weighted by Gasteiger charge is 2.52. The number of carbonyl (C=O) groups is 2. The number of benzene rings is 1. The summed E-state index contributed by atoms with van der Waals surface area (Å²) in [4.78, 5) is 34.9. The van der Waals surface area contributed by atoms with Crippen molar-refractivity contribution in [3.8, 4) is 5.69 Å². The topological polar surface area (TPSA) is 85.9 Å². The minimum absolute atomic E-state index is 0.0121. The fraction of sp³-hybridized carbons (Fsp3) is 0.344. The van der Waals surface area contributed by atoms with E-state index < -0.39 is 5.41 Å². The van der Waals surface area contributed by atoms with Crippen LogP contribution < -0.4 is 0 Å². The third-order valence-corrected chi connectivity index (χ3v) is 8.81. The average molecular weight is 551 g/mol. The molecule has 2 fully saturated rings. The molecule has 0 N–H and O–H groups in total. The zero-order valence-corrected chi connectivity index (χ0v) is 23.1. The van der Waals surface area contributed by atoms with E-state index in [1.54, 1.807) is 35.4 Å². The maximum absolute atomic E-state index is 14.5. The van der Waals surface area contributed by atoms with Gasteiger partial charge in [-0.15, -0.1) is 0 Å². The van der Waals surface area contributed by atoms with Gasteiger partial charge in [0, 0.05) is 31.5 Å². The Balaban J connectivity index is 1.30. The molecule has 4 aromatic rings. The van der Waals surface area contributed by atoms with Crippen molar-refractivity contribution in [2.75, 3.05) is 0 Å². The number of hydrogen-bond donors (Lipinski definition) is 0. The van der Waals surface area contributed by atoms with Gasteiger partial charge < -0.3 is 4.90 Å². The number of fused-ring (bicyclic) bond motifs is 2. The summed E-state index contributed by atoms with van der Waals surface area (Å²) < 4.78 is 17.1. The molecule has 8 nitrogen and oxygen atoms in total. The number of pyridine rings is 1. The predicted molar refractivity (Wildman–Crippen MR) is 151 cm³/mol. The van der Waals surface area contributed by atoms with Gasteiger partial charge in [0.1, 0.15) is 11.5 Å². The van der Waals surface area contributed by atoms with Gasteiger partial charge in [-0.3, -0.25) is 19.3 Å². The lowest BCUT2D eigenvalue weighted by molar-refractivity contribution is 0.0495. The third kappa shape index (κ3) is 4.40. The summed E-state index contributed by atoms with van der Waals surface area (Å²) in [6, 6.07) is 10.1. The number of allylic oxidation sites excluding steroid dienone is 1. The highest BCUT2D eigenvalue weighted by molar-refractivity contribution is 6.03. The summed E-state index contributed by atoms with van der Waals surface area (Å²) in [5.41, 5.74) is 4.84. The summed E-state index contributed by atoms with van der Waals surface area (Å²) in [6.45, 7) is 1.96. The number of aryl methyl sites for hydroxylation is 2. The Bertz CT molecular complexity index is 1700.